The first-order valence-electron chi connectivity index (χ1n) is 7.60. The van der Waals surface area contributed by atoms with E-state index in [1.807, 2.05) is 42.3 Å². The van der Waals surface area contributed by atoms with Crippen LogP contribution in [0.2, 0.25) is 0 Å². The molecule has 2 aromatic carbocycles. The molecule has 2 N–H and O–H groups in total. The van der Waals surface area contributed by atoms with Crippen LogP contribution in [0.4, 0.5) is 5.69 Å². The molecule has 26 heavy (non-hydrogen) atoms. The fraction of sp³-hybridized carbons (Fsp3) is 0.176. The second kappa shape index (κ2) is 8.07. The van der Waals surface area contributed by atoms with E-state index in [0.717, 1.165) is 5.56 Å². The summed E-state index contributed by atoms with van der Waals surface area (Å²) in [6, 6.07) is 12.4. The van der Waals surface area contributed by atoms with E-state index >= 15 is 0 Å². The van der Waals surface area contributed by atoms with Crippen LogP contribution >= 0.6 is 17.0 Å². The molecule has 0 unspecified atom stereocenters. The van der Waals surface area contributed by atoms with Gasteiger partial charge in [0.05, 0.1) is 16.0 Å². The number of nitrogens with zero attached hydrogens (tertiary/aromatic N) is 2. The molecule has 1 heterocycles. The van der Waals surface area contributed by atoms with Gasteiger partial charge in [0.2, 0.25) is 0 Å². The molecule has 0 radical (unpaired) electrons. The van der Waals surface area contributed by atoms with Gasteiger partial charge in [0.1, 0.15) is 0 Å². The van der Waals surface area contributed by atoms with Crippen molar-refractivity contribution in [1.82, 2.24) is 14.9 Å². The highest BCUT2D eigenvalue weighted by Crippen LogP contribution is 2.23. The van der Waals surface area contributed by atoms with E-state index in [-0.39, 0.29) is 28.2 Å². The SMILES string of the molecule is Br.CN(Cc1ccccc1)Cc1cc([N+](=O)[O-])cc2[nH]c(=O)c(=O)[nH]c12. The maximum absolute atomic E-state index is 11.6. The maximum Gasteiger partial charge on any atom is 0.314 e. The Bertz CT molecular complexity index is 1050. The lowest BCUT2D eigenvalue weighted by atomic mass is 10.1. The lowest BCUT2D eigenvalue weighted by Gasteiger charge is -2.17. The predicted octanol–water partition coefficient (Wildman–Crippen LogP) is 2.33. The van der Waals surface area contributed by atoms with Gasteiger partial charge in [0, 0.05) is 25.2 Å². The highest BCUT2D eigenvalue weighted by atomic mass is 79.9. The van der Waals surface area contributed by atoms with Crippen LogP contribution in [0.15, 0.2) is 52.1 Å². The third kappa shape index (κ3) is 4.24. The van der Waals surface area contributed by atoms with Crippen LogP contribution in [-0.2, 0) is 13.1 Å². The molecule has 9 heteroatoms. The highest BCUT2D eigenvalue weighted by molar-refractivity contribution is 8.93. The fourth-order valence-electron chi connectivity index (χ4n) is 2.75. The smallest absolute Gasteiger partial charge is 0.314 e. The first-order valence-corrected chi connectivity index (χ1v) is 7.60. The average molecular weight is 421 g/mol. The summed E-state index contributed by atoms with van der Waals surface area (Å²) in [6.45, 7) is 1.01. The minimum absolute atomic E-state index is 0. The molecule has 0 aliphatic carbocycles. The van der Waals surface area contributed by atoms with Gasteiger partial charge in [-0.05, 0) is 18.2 Å². The second-order valence-corrected chi connectivity index (χ2v) is 5.85. The third-order valence-electron chi connectivity index (χ3n) is 3.84. The molecule has 0 fully saturated rings. The van der Waals surface area contributed by atoms with Crippen molar-refractivity contribution in [2.75, 3.05) is 7.05 Å². The lowest BCUT2D eigenvalue weighted by molar-refractivity contribution is -0.384. The Morgan fingerprint density at radius 1 is 1.04 bits per heavy atom. The minimum atomic E-state index is -0.836. The van der Waals surface area contributed by atoms with E-state index in [2.05, 4.69) is 9.97 Å². The Morgan fingerprint density at radius 3 is 2.35 bits per heavy atom. The Morgan fingerprint density at radius 2 is 1.69 bits per heavy atom. The summed E-state index contributed by atoms with van der Waals surface area (Å²) < 4.78 is 0. The molecule has 136 valence electrons. The molecule has 8 nitrogen and oxygen atoms in total. The number of fused-ring (bicyclic) bond motifs is 1. The van der Waals surface area contributed by atoms with Crippen molar-refractivity contribution >= 4 is 33.7 Å². The van der Waals surface area contributed by atoms with Crippen molar-refractivity contribution in [3.05, 3.63) is 84.4 Å². The first-order chi connectivity index (χ1) is 11.9. The van der Waals surface area contributed by atoms with Crippen LogP contribution in [0.25, 0.3) is 11.0 Å². The van der Waals surface area contributed by atoms with Gasteiger partial charge < -0.3 is 9.97 Å². The normalized spacial score (nSPS) is 10.7. The first kappa shape index (κ1) is 19.5. The number of halogens is 1. The predicted molar refractivity (Wildman–Crippen MR) is 104 cm³/mol. The number of non-ortho nitro benzene ring substituents is 1. The van der Waals surface area contributed by atoms with Gasteiger partial charge >= 0.3 is 11.1 Å². The van der Waals surface area contributed by atoms with Crippen molar-refractivity contribution in [1.29, 1.82) is 0 Å². The number of nitro groups is 1. The van der Waals surface area contributed by atoms with Crippen molar-refractivity contribution in [3.63, 3.8) is 0 Å². The summed E-state index contributed by atoms with van der Waals surface area (Å²) >= 11 is 0. The Labute approximate surface area is 158 Å². The standard InChI is InChI=1S/C17H16N4O4.BrH/c1-20(9-11-5-3-2-4-6-11)10-12-7-13(21(24)25)8-14-15(12)19-17(23)16(22)18-14;/h2-8H,9-10H2,1H3,(H,18,22)(H,19,23);1H. The zero-order chi connectivity index (χ0) is 18.0. The topological polar surface area (TPSA) is 112 Å². The van der Waals surface area contributed by atoms with Gasteiger partial charge in [0.15, 0.2) is 0 Å². The van der Waals surface area contributed by atoms with Crippen molar-refractivity contribution in [2.45, 2.75) is 13.1 Å². The van der Waals surface area contributed by atoms with Gasteiger partial charge in [-0.3, -0.25) is 24.6 Å². The monoisotopic (exact) mass is 420 g/mol. The number of benzene rings is 2. The van der Waals surface area contributed by atoms with Crippen LogP contribution in [0.5, 0.6) is 0 Å². The number of nitro benzene ring substituents is 1. The summed E-state index contributed by atoms with van der Waals surface area (Å²) in [4.78, 5) is 40.6. The van der Waals surface area contributed by atoms with Crippen LogP contribution < -0.4 is 11.1 Å². The van der Waals surface area contributed by atoms with Crippen molar-refractivity contribution < 1.29 is 4.92 Å². The third-order valence-corrected chi connectivity index (χ3v) is 3.84. The quantitative estimate of drug-likeness (QED) is 0.373. The maximum atomic E-state index is 11.6. The van der Waals surface area contributed by atoms with E-state index < -0.39 is 16.0 Å². The summed E-state index contributed by atoms with van der Waals surface area (Å²) in [5, 5.41) is 11.2. The van der Waals surface area contributed by atoms with Crippen molar-refractivity contribution in [2.24, 2.45) is 0 Å². The molecular weight excluding hydrogens is 404 g/mol. The van der Waals surface area contributed by atoms with Crippen LogP contribution in [0.1, 0.15) is 11.1 Å². The summed E-state index contributed by atoms with van der Waals surface area (Å²) in [5.74, 6) is 0. The number of nitrogens with one attached hydrogen (secondary N) is 2. The molecule has 3 aromatic rings. The van der Waals surface area contributed by atoms with E-state index in [4.69, 9.17) is 0 Å². The van der Waals surface area contributed by atoms with Crippen LogP contribution in [-0.4, -0.2) is 26.8 Å². The molecule has 0 saturated carbocycles. The highest BCUT2D eigenvalue weighted by Gasteiger charge is 2.15. The molecule has 0 aliphatic rings. The number of rotatable bonds is 5. The Balaban J connectivity index is 0.00000243. The van der Waals surface area contributed by atoms with Gasteiger partial charge in [-0.15, -0.1) is 17.0 Å². The molecule has 0 bridgehead atoms. The van der Waals surface area contributed by atoms with E-state index in [1.54, 1.807) is 0 Å². The van der Waals surface area contributed by atoms with Gasteiger partial charge in [-0.1, -0.05) is 30.3 Å². The molecule has 0 amide bonds. The molecule has 1 aromatic heterocycles. The summed E-state index contributed by atoms with van der Waals surface area (Å²) in [6.07, 6.45) is 0. The second-order valence-electron chi connectivity index (χ2n) is 5.85. The zero-order valence-corrected chi connectivity index (χ0v) is 15.6. The lowest BCUT2D eigenvalue weighted by Crippen LogP contribution is -2.29. The largest absolute Gasteiger partial charge is 0.316 e. The molecule has 0 spiro atoms. The van der Waals surface area contributed by atoms with Crippen molar-refractivity contribution in [3.8, 4) is 0 Å². The van der Waals surface area contributed by atoms with E-state index in [0.29, 0.717) is 24.2 Å². The number of H-pyrrole nitrogens is 2. The summed E-state index contributed by atoms with van der Waals surface area (Å²) in [7, 11) is 1.88. The van der Waals surface area contributed by atoms with Crippen LogP contribution in [0.3, 0.4) is 0 Å². The van der Waals surface area contributed by atoms with Gasteiger partial charge in [-0.2, -0.15) is 0 Å². The average Bonchev–Trinajstić information content (AvgIpc) is 2.57. The van der Waals surface area contributed by atoms with E-state index in [9.17, 15) is 19.7 Å². The van der Waals surface area contributed by atoms with Gasteiger partial charge in [0.25, 0.3) is 5.69 Å². The molecular formula is C17H17BrN4O4. The number of hydrogen-bond donors (Lipinski definition) is 2. The number of aromatic nitrogens is 2. The molecule has 0 atom stereocenters. The summed E-state index contributed by atoms with van der Waals surface area (Å²) in [5.41, 5.74) is 0.540. The zero-order valence-electron chi connectivity index (χ0n) is 13.9. The Kier molecular flexibility index (Phi) is 6.06. The number of aromatic amines is 2. The molecule has 0 saturated heterocycles. The molecule has 3 rings (SSSR count). The number of hydrogen-bond acceptors (Lipinski definition) is 5. The minimum Gasteiger partial charge on any atom is -0.316 e. The Hall–Kier alpha value is -2.78. The molecule has 0 aliphatic heterocycles. The van der Waals surface area contributed by atoms with Gasteiger partial charge in [-0.25, -0.2) is 0 Å². The fourth-order valence-corrected chi connectivity index (χ4v) is 2.75. The van der Waals surface area contributed by atoms with E-state index in [1.165, 1.54) is 12.1 Å². The van der Waals surface area contributed by atoms with Crippen LogP contribution in [0, 0.1) is 10.1 Å².